The molecule has 0 saturated carbocycles. The first-order valence-corrected chi connectivity index (χ1v) is 24.7. The maximum atomic E-state index is 11.5. The molecule has 0 atom stereocenters. The van der Waals surface area contributed by atoms with E-state index in [9.17, 15) is 57.5 Å². The Morgan fingerprint density at radius 3 is 1.03 bits per heavy atom. The summed E-state index contributed by atoms with van der Waals surface area (Å²) in [4.78, 5) is 154. The smallest absolute Gasteiger partial charge is 0.784 e. The van der Waals surface area contributed by atoms with Crippen molar-refractivity contribution < 1.29 is 163 Å². The zero-order valence-electron chi connectivity index (χ0n) is 42.2. The molecular weight excluding hydrogens is 1070 g/mol. The monoisotopic (exact) mass is 1120 g/mol. The van der Waals surface area contributed by atoms with Crippen LogP contribution in [0.2, 0.25) is 0 Å². The summed E-state index contributed by atoms with van der Waals surface area (Å²) in [6, 6.07) is 16.3. The van der Waals surface area contributed by atoms with Crippen molar-refractivity contribution in [2.45, 2.75) is 129 Å². The van der Waals surface area contributed by atoms with E-state index in [4.69, 9.17) is 41.1 Å². The summed E-state index contributed by atoms with van der Waals surface area (Å²) in [5.74, 6) is -6.40. The minimum Gasteiger partial charge on any atom is -0.784 e. The van der Waals surface area contributed by atoms with Gasteiger partial charge in [0.1, 0.15) is 11.8 Å². The number of benzene rings is 2. The van der Waals surface area contributed by atoms with Gasteiger partial charge in [-0.05, 0) is 37.1 Å². The fourth-order valence-electron chi connectivity index (χ4n) is 5.89. The quantitative estimate of drug-likeness (QED) is 0.0484. The van der Waals surface area contributed by atoms with E-state index < -0.39 is 93.9 Å². The third-order valence-corrected chi connectivity index (χ3v) is 9.49. The van der Waals surface area contributed by atoms with Crippen LogP contribution in [0, 0.1) is 12.8 Å². The van der Waals surface area contributed by atoms with Gasteiger partial charge in [-0.3, -0.25) is 50.0 Å². The first-order valence-electron chi connectivity index (χ1n) is 22.7. The van der Waals surface area contributed by atoms with Crippen LogP contribution < -0.4 is 59.1 Å². The van der Waals surface area contributed by atoms with Crippen LogP contribution in [0.25, 0.3) is 0 Å². The van der Waals surface area contributed by atoms with Crippen molar-refractivity contribution >= 4 is 93.9 Å². The molecule has 0 aliphatic carbocycles. The molecule has 6 rings (SSSR count). The standard InChI is InChI=1S/C12H19NO4.C12H18NO4.C11H9NO4.C11H8NO4.2Na.2H2O3S/c2*1-2-3-4-5-6-7-12(16)17-13-10(14)8-9-11(13)15;2*13-9-6-7-10(14)12(9)16-11(15)8-4-2-1-3-5-8;;;2*1-4(2)3/h2-9H2,1H3;8H,2-7,9H2,1H3;1-5H,6-7H2;1-6H,7H2;;;2*(H2,1,2,3)/q;-1;;-1;2*+1;;/p-4. The number of nitrogens with zero attached hydrogens (tertiary/aromatic N) is 4. The number of imide groups is 4. The zero-order valence-corrected chi connectivity index (χ0v) is 47.9. The molecule has 0 bridgehead atoms. The van der Waals surface area contributed by atoms with Crippen LogP contribution in [0.15, 0.2) is 60.7 Å². The van der Waals surface area contributed by atoms with Crippen molar-refractivity contribution in [3.63, 3.8) is 0 Å². The molecule has 4 aliphatic rings. The van der Waals surface area contributed by atoms with Crippen molar-refractivity contribution in [3.05, 3.63) is 84.6 Å². The Bertz CT molecular complexity index is 2070. The van der Waals surface area contributed by atoms with Gasteiger partial charge in [0, 0.05) is 38.5 Å². The van der Waals surface area contributed by atoms with Crippen LogP contribution in [-0.2, 0) is 90.0 Å². The van der Waals surface area contributed by atoms with E-state index in [-0.39, 0.29) is 116 Å². The van der Waals surface area contributed by atoms with E-state index >= 15 is 0 Å². The molecule has 26 nitrogen and oxygen atoms in total. The fraction of sp³-hybridized carbons (Fsp3) is 0.435. The van der Waals surface area contributed by atoms with E-state index in [0.29, 0.717) is 25.8 Å². The van der Waals surface area contributed by atoms with Gasteiger partial charge in [-0.25, -0.2) is 19.2 Å². The van der Waals surface area contributed by atoms with Crippen LogP contribution in [0.1, 0.15) is 150 Å². The van der Waals surface area contributed by atoms with Gasteiger partial charge in [0.15, 0.2) is 0 Å². The van der Waals surface area contributed by atoms with Crippen molar-refractivity contribution in [1.29, 1.82) is 0 Å². The molecule has 0 aromatic heterocycles. The molecular formula is C46H54N4Na2O22S2-4. The number of rotatable bonds is 18. The minimum absolute atomic E-state index is 0. The van der Waals surface area contributed by atoms with Gasteiger partial charge in [0.2, 0.25) is 11.8 Å². The molecule has 76 heavy (non-hydrogen) atoms. The Morgan fingerprint density at radius 1 is 0.447 bits per heavy atom. The van der Waals surface area contributed by atoms with Crippen LogP contribution in [0.3, 0.4) is 0 Å². The number of carbonyl (C=O) groups excluding carboxylic acids is 12. The van der Waals surface area contributed by atoms with Crippen molar-refractivity contribution in [1.82, 2.24) is 20.3 Å². The predicted octanol–water partition coefficient (Wildman–Crippen LogP) is -2.65. The molecule has 30 heteroatoms. The van der Waals surface area contributed by atoms with E-state index in [0.717, 1.165) is 64.2 Å². The topological polar surface area (TPSA) is 381 Å². The third-order valence-electron chi connectivity index (χ3n) is 9.49. The number of amides is 8. The van der Waals surface area contributed by atoms with Gasteiger partial charge in [0.25, 0.3) is 23.6 Å². The van der Waals surface area contributed by atoms with E-state index in [1.165, 1.54) is 25.0 Å². The fourth-order valence-corrected chi connectivity index (χ4v) is 5.89. The van der Waals surface area contributed by atoms with Gasteiger partial charge in [0.05, 0.1) is 11.1 Å². The molecule has 2 aromatic carbocycles. The molecule has 0 N–H and O–H groups in total. The summed E-state index contributed by atoms with van der Waals surface area (Å²) in [6.07, 6.45) is 13.6. The van der Waals surface area contributed by atoms with Crippen LogP contribution in [-0.4, -0.2) is 118 Å². The van der Waals surface area contributed by atoms with Crippen molar-refractivity contribution in [2.24, 2.45) is 0 Å². The summed E-state index contributed by atoms with van der Waals surface area (Å²) in [7, 11) is 0. The normalized spacial score (nSPS) is 14.1. The molecule has 4 aliphatic heterocycles. The molecule has 4 heterocycles. The average molecular weight is 1130 g/mol. The summed E-state index contributed by atoms with van der Waals surface area (Å²) in [5, 5.41) is 2.17. The van der Waals surface area contributed by atoms with Crippen LogP contribution in [0.5, 0.6) is 0 Å². The first-order chi connectivity index (χ1) is 35.1. The number of carbonyl (C=O) groups is 12. The first kappa shape index (κ1) is 72.8. The third kappa shape index (κ3) is 31.1. The second-order valence-electron chi connectivity index (χ2n) is 15.2. The molecule has 0 spiro atoms. The Kier molecular flexibility index (Phi) is 40.1. The average Bonchev–Trinajstić information content (AvgIpc) is 4.07. The van der Waals surface area contributed by atoms with E-state index in [1.54, 1.807) is 48.5 Å². The van der Waals surface area contributed by atoms with Gasteiger partial charge in [-0.15, -0.1) is 43.0 Å². The predicted molar refractivity (Wildman–Crippen MR) is 246 cm³/mol. The Morgan fingerprint density at radius 2 is 0.724 bits per heavy atom. The van der Waals surface area contributed by atoms with Gasteiger partial charge >= 0.3 is 83.0 Å². The zero-order chi connectivity index (χ0) is 55.6. The van der Waals surface area contributed by atoms with Gasteiger partial charge < -0.3 is 47.2 Å². The maximum absolute atomic E-state index is 11.5. The molecule has 4 saturated heterocycles. The van der Waals surface area contributed by atoms with E-state index in [2.05, 4.69) is 18.7 Å². The van der Waals surface area contributed by atoms with Crippen molar-refractivity contribution in [2.75, 3.05) is 0 Å². The molecule has 4 fully saturated rings. The second kappa shape index (κ2) is 41.9. The number of unbranched alkanes of at least 4 members (excludes halogenated alkanes) is 8. The molecule has 408 valence electrons. The van der Waals surface area contributed by atoms with Crippen molar-refractivity contribution in [3.8, 4) is 0 Å². The van der Waals surface area contributed by atoms with Gasteiger partial charge in [-0.2, -0.15) is 0 Å². The maximum Gasteiger partial charge on any atom is 1.00 e. The Balaban J connectivity index is 0. The van der Waals surface area contributed by atoms with Crippen LogP contribution >= 0.6 is 0 Å². The number of hydrogen-bond acceptors (Lipinski definition) is 22. The summed E-state index contributed by atoms with van der Waals surface area (Å²) in [6.45, 7) is 4.24. The molecule has 0 unspecified atom stereocenters. The second-order valence-corrected chi connectivity index (χ2v) is 16.0. The Labute approximate surface area is 487 Å². The SMILES string of the molecule is CCCCCCCC(=O)ON1C(=O)CCC1=O.CCCCCCCC(=O)ON1C(=O)[CH-]CC1=O.O=C(ON1C(=O)CCC1=O)c1ccccc1.O=C(ON1C(=O)[CH-]CC1=O)c1ccccc1.O=S([O-])[O-].O=S([O-])[O-].[Na+].[Na+]. The summed E-state index contributed by atoms with van der Waals surface area (Å²) in [5.41, 5.74) is 0.588. The summed E-state index contributed by atoms with van der Waals surface area (Å²) < 4.78 is 50.7. The van der Waals surface area contributed by atoms with Gasteiger partial charge in [-0.1, -0.05) is 114 Å². The minimum atomic E-state index is -3.11. The summed E-state index contributed by atoms with van der Waals surface area (Å²) >= 11 is -6.22. The van der Waals surface area contributed by atoms with E-state index in [1.807, 2.05) is 0 Å². The van der Waals surface area contributed by atoms with Crippen LogP contribution in [0.4, 0.5) is 0 Å². The molecule has 2 aromatic rings. The number of hydrogen-bond donors (Lipinski definition) is 0. The molecule has 0 radical (unpaired) electrons. The molecule has 8 amide bonds. The largest absolute Gasteiger partial charge is 1.00 e. The Hall–Kier alpha value is -5.24. The number of hydroxylamine groups is 8.